The van der Waals surface area contributed by atoms with E-state index in [0.29, 0.717) is 25.9 Å². The van der Waals surface area contributed by atoms with Crippen LogP contribution in [-0.2, 0) is 4.74 Å². The van der Waals surface area contributed by atoms with Crippen molar-refractivity contribution >= 4 is 23.3 Å². The number of para-hydroxylation sites is 1. The monoisotopic (exact) mass is 404 g/mol. The molecule has 1 heterocycles. The van der Waals surface area contributed by atoms with E-state index in [9.17, 15) is 9.18 Å². The molecule has 1 amide bonds. The minimum absolute atomic E-state index is 0.0483. The lowest BCUT2D eigenvalue weighted by atomic mass is 10.1. The van der Waals surface area contributed by atoms with Crippen LogP contribution >= 0.6 is 0 Å². The number of hydrogen-bond donors (Lipinski definition) is 3. The molecule has 0 aliphatic carbocycles. The predicted octanol–water partition coefficient (Wildman–Crippen LogP) is 2.83. The van der Waals surface area contributed by atoms with Crippen LogP contribution in [0.15, 0.2) is 23.3 Å². The van der Waals surface area contributed by atoms with Gasteiger partial charge in [0.15, 0.2) is 17.4 Å². The Kier molecular flexibility index (Phi) is 6.98. The first-order valence-electron chi connectivity index (χ1n) is 9.12. The minimum atomic E-state index is -0.596. The lowest BCUT2D eigenvalue weighted by Gasteiger charge is -2.33. The lowest BCUT2D eigenvalue weighted by Crippen LogP contribution is -2.44. The van der Waals surface area contributed by atoms with Gasteiger partial charge in [-0.3, -0.25) is 10.8 Å². The van der Waals surface area contributed by atoms with Crippen molar-refractivity contribution in [3.63, 3.8) is 0 Å². The summed E-state index contributed by atoms with van der Waals surface area (Å²) >= 11 is 0. The predicted molar refractivity (Wildman–Crippen MR) is 106 cm³/mol. The van der Waals surface area contributed by atoms with Crippen LogP contribution in [0.3, 0.4) is 0 Å². The van der Waals surface area contributed by atoms with Crippen molar-refractivity contribution in [1.82, 2.24) is 4.90 Å². The number of ether oxygens (including phenoxy) is 2. The van der Waals surface area contributed by atoms with E-state index in [0.717, 1.165) is 0 Å². The molecule has 29 heavy (non-hydrogen) atoms. The van der Waals surface area contributed by atoms with Crippen molar-refractivity contribution in [2.24, 2.45) is 10.8 Å². The average molecular weight is 404 g/mol. The average Bonchev–Trinajstić information content (AvgIpc) is 2.63. The molecule has 0 saturated carbocycles. The number of hydrogen-bond acceptors (Lipinski definition) is 7. The third-order valence-electron chi connectivity index (χ3n) is 3.99. The van der Waals surface area contributed by atoms with Crippen LogP contribution in [0.5, 0.6) is 5.75 Å². The van der Waals surface area contributed by atoms with Gasteiger partial charge in [-0.2, -0.15) is 10.4 Å². The number of piperidine rings is 1. The number of likely N-dealkylation sites (tertiary alicyclic amines) is 1. The maximum absolute atomic E-state index is 14.3. The smallest absolute Gasteiger partial charge is 0.410 e. The number of hydrazone groups is 1. The van der Waals surface area contributed by atoms with Crippen LogP contribution in [-0.4, -0.2) is 47.3 Å². The van der Waals surface area contributed by atoms with Crippen molar-refractivity contribution in [3.05, 3.63) is 24.0 Å². The molecule has 0 atom stereocenters. The van der Waals surface area contributed by atoms with Gasteiger partial charge in [0.25, 0.3) is 0 Å². The number of amidine groups is 1. The first kappa shape index (κ1) is 21.9. The standard InChI is InChI=1S/C19H25FN6O3/c1-19(2,3)29-18(27)26-9-7-12(8-10-26)28-16-13(20)5-4-6-14(16)24-25-15(11-21)17(22)23/h4-6,12,24H,7-10H2,1-3H3,(H3,22,23)/b25-15+. The number of anilines is 1. The van der Waals surface area contributed by atoms with Crippen molar-refractivity contribution in [3.8, 4) is 11.8 Å². The second-order valence-corrected chi connectivity index (χ2v) is 7.50. The quantitative estimate of drug-likeness (QED) is 0.392. The van der Waals surface area contributed by atoms with Crippen LogP contribution in [0.4, 0.5) is 14.9 Å². The highest BCUT2D eigenvalue weighted by Crippen LogP contribution is 2.31. The Bertz CT molecular complexity index is 835. The molecule has 0 bridgehead atoms. The fraction of sp³-hybridized carbons (Fsp3) is 0.474. The van der Waals surface area contributed by atoms with Gasteiger partial charge < -0.3 is 20.1 Å². The number of halogens is 1. The van der Waals surface area contributed by atoms with Gasteiger partial charge in [-0.05, 0) is 32.9 Å². The molecule has 0 aromatic heterocycles. The SMILES string of the molecule is CC(C)(C)OC(=O)N1CCC(Oc2c(F)cccc2N/N=C(\C#N)C(=N)N)CC1. The third kappa shape index (κ3) is 6.34. The number of nitriles is 1. The third-order valence-corrected chi connectivity index (χ3v) is 3.99. The van der Waals surface area contributed by atoms with E-state index in [1.165, 1.54) is 18.2 Å². The fourth-order valence-electron chi connectivity index (χ4n) is 2.63. The molecule has 2 rings (SSSR count). The highest BCUT2D eigenvalue weighted by molar-refractivity contribution is 6.45. The molecule has 0 spiro atoms. The molecule has 9 nitrogen and oxygen atoms in total. The topological polar surface area (TPSA) is 137 Å². The first-order valence-corrected chi connectivity index (χ1v) is 9.12. The molecular weight excluding hydrogens is 379 g/mol. The van der Waals surface area contributed by atoms with Gasteiger partial charge in [-0.1, -0.05) is 6.07 Å². The van der Waals surface area contributed by atoms with Gasteiger partial charge in [0.2, 0.25) is 5.71 Å². The molecule has 1 aliphatic rings. The van der Waals surface area contributed by atoms with Crippen molar-refractivity contribution in [1.29, 1.82) is 10.7 Å². The van der Waals surface area contributed by atoms with Crippen LogP contribution in [0.2, 0.25) is 0 Å². The van der Waals surface area contributed by atoms with E-state index in [-0.39, 0.29) is 29.3 Å². The van der Waals surface area contributed by atoms with Gasteiger partial charge in [-0.15, -0.1) is 0 Å². The summed E-state index contributed by atoms with van der Waals surface area (Å²) in [7, 11) is 0. The van der Waals surface area contributed by atoms with Gasteiger partial charge in [0, 0.05) is 25.9 Å². The summed E-state index contributed by atoms with van der Waals surface area (Å²) in [4.78, 5) is 13.7. The second kappa shape index (κ2) is 9.23. The van der Waals surface area contributed by atoms with E-state index in [1.54, 1.807) is 31.7 Å². The summed E-state index contributed by atoms with van der Waals surface area (Å²) in [5.74, 6) is -1.15. The Morgan fingerprint density at radius 1 is 1.41 bits per heavy atom. The van der Waals surface area contributed by atoms with Gasteiger partial charge >= 0.3 is 6.09 Å². The Morgan fingerprint density at radius 2 is 2.07 bits per heavy atom. The number of carbonyl (C=O) groups excluding carboxylic acids is 1. The van der Waals surface area contributed by atoms with Crippen molar-refractivity contribution in [2.45, 2.75) is 45.3 Å². The number of nitrogens with two attached hydrogens (primary N) is 1. The lowest BCUT2D eigenvalue weighted by molar-refractivity contribution is 0.0124. The first-order chi connectivity index (χ1) is 13.6. The molecule has 1 aromatic carbocycles. The van der Waals surface area contributed by atoms with E-state index >= 15 is 0 Å². The van der Waals surface area contributed by atoms with Crippen molar-refractivity contribution < 1.29 is 18.7 Å². The summed E-state index contributed by atoms with van der Waals surface area (Å²) in [5.41, 5.74) is 7.08. The zero-order valence-corrected chi connectivity index (χ0v) is 16.7. The zero-order valence-electron chi connectivity index (χ0n) is 16.7. The molecular formula is C19H25FN6O3. The van der Waals surface area contributed by atoms with Gasteiger partial charge in [-0.25, -0.2) is 9.18 Å². The molecule has 0 radical (unpaired) electrons. The van der Waals surface area contributed by atoms with E-state index in [2.05, 4.69) is 10.5 Å². The maximum Gasteiger partial charge on any atom is 0.410 e. The molecule has 1 saturated heterocycles. The maximum atomic E-state index is 14.3. The molecule has 156 valence electrons. The Labute approximate surface area is 168 Å². The Hall–Kier alpha value is -3.35. The molecule has 1 aromatic rings. The number of nitrogens with zero attached hydrogens (tertiary/aromatic N) is 3. The minimum Gasteiger partial charge on any atom is -0.485 e. The summed E-state index contributed by atoms with van der Waals surface area (Å²) in [6, 6.07) is 5.92. The molecule has 4 N–H and O–H groups in total. The summed E-state index contributed by atoms with van der Waals surface area (Å²) in [6.45, 7) is 6.27. The number of carbonyl (C=O) groups is 1. The van der Waals surface area contributed by atoms with Crippen LogP contribution < -0.4 is 15.9 Å². The molecule has 1 aliphatic heterocycles. The summed E-state index contributed by atoms with van der Waals surface area (Å²) in [5, 5.41) is 19.9. The van der Waals surface area contributed by atoms with Gasteiger partial charge in [0.05, 0.1) is 0 Å². The van der Waals surface area contributed by atoms with Crippen LogP contribution in [0, 0.1) is 22.6 Å². The van der Waals surface area contributed by atoms with Gasteiger partial charge in [0.1, 0.15) is 23.5 Å². The van der Waals surface area contributed by atoms with Crippen LogP contribution in [0.25, 0.3) is 0 Å². The number of rotatable bonds is 5. The normalized spacial score (nSPS) is 15.4. The molecule has 10 heteroatoms. The molecule has 1 fully saturated rings. The van der Waals surface area contributed by atoms with Crippen LogP contribution in [0.1, 0.15) is 33.6 Å². The number of amides is 1. The summed E-state index contributed by atoms with van der Waals surface area (Å²) in [6.07, 6.45) is 0.325. The Balaban J connectivity index is 2.04. The largest absolute Gasteiger partial charge is 0.485 e. The second-order valence-electron chi connectivity index (χ2n) is 7.50. The molecule has 0 unspecified atom stereocenters. The van der Waals surface area contributed by atoms with Crippen molar-refractivity contribution in [2.75, 3.05) is 18.5 Å². The number of nitrogens with one attached hydrogen (secondary N) is 2. The summed E-state index contributed by atoms with van der Waals surface area (Å²) < 4.78 is 25.5. The van der Waals surface area contributed by atoms with E-state index in [1.807, 2.05) is 0 Å². The highest BCUT2D eigenvalue weighted by Gasteiger charge is 2.28. The van der Waals surface area contributed by atoms with E-state index < -0.39 is 17.3 Å². The fourth-order valence-corrected chi connectivity index (χ4v) is 2.63. The zero-order chi connectivity index (χ0) is 21.6. The van der Waals surface area contributed by atoms with E-state index in [4.69, 9.17) is 25.9 Å². The Morgan fingerprint density at radius 3 is 2.62 bits per heavy atom. The highest BCUT2D eigenvalue weighted by atomic mass is 19.1. The number of benzene rings is 1.